The smallest absolute Gasteiger partial charge is 0.549 e. The molecule has 8 nitrogen and oxygen atoms in total. The van der Waals surface area contributed by atoms with Gasteiger partial charge in [0.05, 0.1) is 23.9 Å². The van der Waals surface area contributed by atoms with Gasteiger partial charge in [0.15, 0.2) is 0 Å². The Labute approximate surface area is 224 Å². The molecule has 0 N–H and O–H groups in total. The maximum Gasteiger partial charge on any atom is 2.00 e. The maximum atomic E-state index is 10.7. The second-order valence-electron chi connectivity index (χ2n) is 7.14. The van der Waals surface area contributed by atoms with E-state index in [0.29, 0.717) is 25.7 Å². The molecule has 0 aromatic rings. The van der Waals surface area contributed by atoms with Gasteiger partial charge in [0, 0.05) is 10.8 Å². The number of carboxylic acid groups (broad SMARTS) is 4. The number of hydrogen-bond donors (Lipinski definition) is 0. The Balaban J connectivity index is 0. The van der Waals surface area contributed by atoms with Crippen LogP contribution in [0.4, 0.5) is 0 Å². The van der Waals surface area contributed by atoms with Crippen molar-refractivity contribution in [1.82, 2.24) is 0 Å². The predicted molar refractivity (Wildman–Crippen MR) is 91.8 cm³/mol. The van der Waals surface area contributed by atoms with Crippen LogP contribution in [0.25, 0.3) is 0 Å². The van der Waals surface area contributed by atoms with Gasteiger partial charge in [-0.3, -0.25) is 0 Å². The first-order chi connectivity index (χ1) is 12.2. The molecule has 2 aliphatic rings. The van der Waals surface area contributed by atoms with E-state index < -0.39 is 34.7 Å². The van der Waals surface area contributed by atoms with Gasteiger partial charge in [-0.1, -0.05) is 51.4 Å². The van der Waals surface area contributed by atoms with Crippen LogP contribution in [-0.4, -0.2) is 99.4 Å². The molecule has 0 heterocycles. The second kappa shape index (κ2) is 14.4. The summed E-state index contributed by atoms with van der Waals surface area (Å²) >= 11 is 0. The number of carbonyl (C=O) groups is 4. The van der Waals surface area contributed by atoms with Crippen molar-refractivity contribution >= 4 is 99.4 Å². The minimum atomic E-state index is -1.73. The normalized spacial score (nSPS) is 20.3. The molecule has 2 rings (SSSR count). The molecule has 0 aromatic heterocycles. The molecule has 0 aliphatic heterocycles. The SMILES string of the molecule is O=C([O-])C1(C(=O)[O-])CCCCCC1.O=C([O-])C1(C(=O)[O-])CCCCCC1.[Ca+2].[Ca+2]. The van der Waals surface area contributed by atoms with Gasteiger partial charge in [-0.05, 0) is 25.7 Å². The summed E-state index contributed by atoms with van der Waals surface area (Å²) < 4.78 is 0. The van der Waals surface area contributed by atoms with E-state index in [-0.39, 0.29) is 101 Å². The largest absolute Gasteiger partial charge is 2.00 e. The fourth-order valence-electron chi connectivity index (χ4n) is 3.65. The maximum absolute atomic E-state index is 10.7. The van der Waals surface area contributed by atoms with Crippen LogP contribution >= 0.6 is 0 Å². The molecule has 0 aromatic carbocycles. The van der Waals surface area contributed by atoms with Gasteiger partial charge in [0.1, 0.15) is 0 Å². The zero-order valence-corrected chi connectivity index (χ0v) is 20.6. The summed E-state index contributed by atoms with van der Waals surface area (Å²) in [5.41, 5.74) is -3.45. The molecule has 0 unspecified atom stereocenters. The Bertz CT molecular complexity index is 454. The van der Waals surface area contributed by atoms with Crippen LogP contribution in [-0.2, 0) is 19.2 Å². The minimum Gasteiger partial charge on any atom is -0.549 e. The van der Waals surface area contributed by atoms with E-state index in [2.05, 4.69) is 0 Å². The first-order valence-corrected chi connectivity index (χ1v) is 9.05. The standard InChI is InChI=1S/2C9H14O4.2Ca/c2*10-7(11)9(8(12)13)5-3-1-2-4-6-9;;/h2*1-6H2,(H,10,11)(H,12,13);;/q;;2*+2/p-4. The molecular formula is C18H24Ca2O8. The number of rotatable bonds is 4. The van der Waals surface area contributed by atoms with E-state index in [1.165, 1.54) is 0 Å². The van der Waals surface area contributed by atoms with Crippen LogP contribution in [0, 0.1) is 10.8 Å². The number of hydrogen-bond acceptors (Lipinski definition) is 8. The van der Waals surface area contributed by atoms with Gasteiger partial charge in [-0.15, -0.1) is 0 Å². The predicted octanol–water partition coefficient (Wildman–Crippen LogP) is -3.11. The van der Waals surface area contributed by atoms with Gasteiger partial charge in [-0.2, -0.15) is 0 Å². The first-order valence-electron chi connectivity index (χ1n) is 9.05. The molecule has 0 saturated heterocycles. The third kappa shape index (κ3) is 7.91. The van der Waals surface area contributed by atoms with Gasteiger partial charge >= 0.3 is 75.5 Å². The van der Waals surface area contributed by atoms with Crippen molar-refractivity contribution in [3.63, 3.8) is 0 Å². The van der Waals surface area contributed by atoms with Crippen LogP contribution in [0.2, 0.25) is 0 Å². The molecule has 0 amide bonds. The first kappa shape index (κ1) is 30.6. The van der Waals surface area contributed by atoms with E-state index in [4.69, 9.17) is 0 Å². The zero-order valence-electron chi connectivity index (χ0n) is 16.2. The minimum absolute atomic E-state index is 0. The molecule has 28 heavy (non-hydrogen) atoms. The quantitative estimate of drug-likeness (QED) is 0.248. The van der Waals surface area contributed by atoms with Crippen molar-refractivity contribution in [2.75, 3.05) is 0 Å². The third-order valence-electron chi connectivity index (χ3n) is 5.48. The van der Waals surface area contributed by atoms with E-state index in [9.17, 15) is 39.6 Å². The summed E-state index contributed by atoms with van der Waals surface area (Å²) in [5.74, 6) is -5.97. The molecule has 2 saturated carbocycles. The van der Waals surface area contributed by atoms with Gasteiger partial charge in [0.25, 0.3) is 0 Å². The molecule has 2 aliphatic carbocycles. The zero-order chi connectivity index (χ0) is 19.8. The van der Waals surface area contributed by atoms with E-state index in [1.54, 1.807) is 0 Å². The van der Waals surface area contributed by atoms with Crippen LogP contribution in [0.1, 0.15) is 77.0 Å². The molecule has 0 radical (unpaired) electrons. The third-order valence-corrected chi connectivity index (χ3v) is 5.48. The van der Waals surface area contributed by atoms with Crippen molar-refractivity contribution in [3.8, 4) is 0 Å². The fourth-order valence-corrected chi connectivity index (χ4v) is 3.65. The molecule has 2 fully saturated rings. The van der Waals surface area contributed by atoms with Crippen molar-refractivity contribution < 1.29 is 39.6 Å². The fraction of sp³-hybridized carbons (Fsp3) is 0.778. The van der Waals surface area contributed by atoms with Crippen LogP contribution in [0.3, 0.4) is 0 Å². The van der Waals surface area contributed by atoms with Crippen molar-refractivity contribution in [2.45, 2.75) is 77.0 Å². The number of aliphatic carboxylic acids is 4. The average Bonchev–Trinajstić information content (AvgIpc) is 2.97. The average molecular weight is 449 g/mol. The number of carboxylic acids is 4. The van der Waals surface area contributed by atoms with Crippen LogP contribution < -0.4 is 20.4 Å². The summed E-state index contributed by atoms with van der Waals surface area (Å²) in [6.07, 6.45) is 6.67. The monoisotopic (exact) mass is 448 g/mol. The van der Waals surface area contributed by atoms with Gasteiger partial charge in [0.2, 0.25) is 0 Å². The summed E-state index contributed by atoms with van der Waals surface area (Å²) in [4.78, 5) is 43.0. The summed E-state index contributed by atoms with van der Waals surface area (Å²) in [6, 6.07) is 0. The Morgan fingerprint density at radius 3 is 0.750 bits per heavy atom. The van der Waals surface area contributed by atoms with Crippen LogP contribution in [0.5, 0.6) is 0 Å². The van der Waals surface area contributed by atoms with E-state index in [1.807, 2.05) is 0 Å². The molecule has 0 atom stereocenters. The van der Waals surface area contributed by atoms with Crippen molar-refractivity contribution in [1.29, 1.82) is 0 Å². The van der Waals surface area contributed by atoms with E-state index in [0.717, 1.165) is 25.7 Å². The molecule has 10 heteroatoms. The Kier molecular flexibility index (Phi) is 15.7. The molecule has 148 valence electrons. The Hall–Kier alpha value is 0.399. The molecular weight excluding hydrogens is 424 g/mol. The summed E-state index contributed by atoms with van der Waals surface area (Å²) in [7, 11) is 0. The number of carbonyl (C=O) groups excluding carboxylic acids is 4. The summed E-state index contributed by atoms with van der Waals surface area (Å²) in [5, 5.41) is 43.0. The van der Waals surface area contributed by atoms with Crippen LogP contribution in [0.15, 0.2) is 0 Å². The Morgan fingerprint density at radius 1 is 0.429 bits per heavy atom. The van der Waals surface area contributed by atoms with E-state index >= 15 is 0 Å². The molecule has 0 bridgehead atoms. The van der Waals surface area contributed by atoms with Gasteiger partial charge in [-0.25, -0.2) is 0 Å². The van der Waals surface area contributed by atoms with Gasteiger partial charge < -0.3 is 39.6 Å². The Morgan fingerprint density at radius 2 is 0.607 bits per heavy atom. The summed E-state index contributed by atoms with van der Waals surface area (Å²) in [6.45, 7) is 0. The van der Waals surface area contributed by atoms with Crippen molar-refractivity contribution in [2.24, 2.45) is 10.8 Å². The second-order valence-corrected chi connectivity index (χ2v) is 7.14. The van der Waals surface area contributed by atoms with Crippen molar-refractivity contribution in [3.05, 3.63) is 0 Å². The molecule has 0 spiro atoms. The topological polar surface area (TPSA) is 161 Å².